The molecule has 3 nitrogen and oxygen atoms in total. The van der Waals surface area contributed by atoms with Crippen molar-refractivity contribution in [1.82, 2.24) is 0 Å². The highest BCUT2D eigenvalue weighted by Gasteiger charge is 2.20. The van der Waals surface area contributed by atoms with Gasteiger partial charge in [-0.3, -0.25) is 4.79 Å². The molecule has 0 aliphatic heterocycles. The molecule has 0 amide bonds. The van der Waals surface area contributed by atoms with Crippen LogP contribution in [0, 0.1) is 12.7 Å². The maximum absolute atomic E-state index is 14.2. The smallest absolute Gasteiger partial charge is 0.196 e. The van der Waals surface area contributed by atoms with E-state index in [1.54, 1.807) is 19.1 Å². The van der Waals surface area contributed by atoms with E-state index in [1.807, 2.05) is 6.07 Å². The summed E-state index contributed by atoms with van der Waals surface area (Å²) in [5, 5.41) is 0. The fourth-order valence-electron chi connectivity index (χ4n) is 2.01. The lowest BCUT2D eigenvalue weighted by Gasteiger charge is -2.11. The van der Waals surface area contributed by atoms with Gasteiger partial charge in [-0.1, -0.05) is 22.0 Å². The molecular weight excluding hydrogens is 339 g/mol. The highest BCUT2D eigenvalue weighted by atomic mass is 79.9. The maximum atomic E-state index is 14.2. The van der Waals surface area contributed by atoms with Crippen LogP contribution in [0.15, 0.2) is 34.8 Å². The van der Waals surface area contributed by atoms with Crippen molar-refractivity contribution in [2.45, 2.75) is 6.92 Å². The molecule has 0 aromatic heterocycles. The third-order valence-electron chi connectivity index (χ3n) is 3.16. The number of methoxy groups -OCH3 is 2. The second-order valence-corrected chi connectivity index (χ2v) is 5.39. The van der Waals surface area contributed by atoms with Crippen molar-refractivity contribution in [2.75, 3.05) is 14.2 Å². The highest BCUT2D eigenvalue weighted by molar-refractivity contribution is 9.10. The van der Waals surface area contributed by atoms with Gasteiger partial charge in [0.1, 0.15) is 5.82 Å². The minimum atomic E-state index is -0.642. The molecule has 0 bridgehead atoms. The van der Waals surface area contributed by atoms with Gasteiger partial charge in [0.05, 0.1) is 19.8 Å². The van der Waals surface area contributed by atoms with Crippen LogP contribution < -0.4 is 9.47 Å². The van der Waals surface area contributed by atoms with Gasteiger partial charge in [0.2, 0.25) is 0 Å². The first kappa shape index (κ1) is 15.5. The van der Waals surface area contributed by atoms with Gasteiger partial charge in [-0.25, -0.2) is 4.39 Å². The number of aryl methyl sites for hydroxylation is 1. The van der Waals surface area contributed by atoms with E-state index in [9.17, 15) is 9.18 Å². The highest BCUT2D eigenvalue weighted by Crippen LogP contribution is 2.31. The number of carbonyl (C=O) groups is 1. The molecule has 0 unspecified atom stereocenters. The lowest BCUT2D eigenvalue weighted by atomic mass is 9.98. The van der Waals surface area contributed by atoms with E-state index < -0.39 is 11.6 Å². The second kappa shape index (κ2) is 6.26. The first-order chi connectivity index (χ1) is 9.97. The van der Waals surface area contributed by atoms with Gasteiger partial charge in [0.25, 0.3) is 0 Å². The monoisotopic (exact) mass is 352 g/mol. The minimum Gasteiger partial charge on any atom is -0.493 e. The number of hydrogen-bond acceptors (Lipinski definition) is 3. The Kier molecular flexibility index (Phi) is 4.63. The van der Waals surface area contributed by atoms with E-state index in [2.05, 4.69) is 15.9 Å². The van der Waals surface area contributed by atoms with Gasteiger partial charge in [-0.2, -0.15) is 0 Å². The van der Waals surface area contributed by atoms with Crippen LogP contribution in [0.25, 0.3) is 0 Å². The molecule has 110 valence electrons. The quantitative estimate of drug-likeness (QED) is 0.775. The molecule has 0 atom stereocenters. The summed E-state index contributed by atoms with van der Waals surface area (Å²) in [6.45, 7) is 1.80. The van der Waals surface area contributed by atoms with Crippen LogP contribution in [0.3, 0.4) is 0 Å². The number of rotatable bonds is 4. The van der Waals surface area contributed by atoms with Crippen molar-refractivity contribution in [3.05, 3.63) is 57.3 Å². The number of carbonyl (C=O) groups excluding carboxylic acids is 1. The van der Waals surface area contributed by atoms with Crippen LogP contribution in [-0.2, 0) is 0 Å². The Labute approximate surface area is 130 Å². The molecule has 2 aromatic rings. The lowest BCUT2D eigenvalue weighted by molar-refractivity contribution is 0.103. The maximum Gasteiger partial charge on any atom is 0.196 e. The molecule has 0 aliphatic rings. The van der Waals surface area contributed by atoms with Gasteiger partial charge in [0, 0.05) is 16.1 Å². The molecule has 2 rings (SSSR count). The van der Waals surface area contributed by atoms with Crippen LogP contribution in [0.1, 0.15) is 21.5 Å². The van der Waals surface area contributed by atoms with Gasteiger partial charge in [0.15, 0.2) is 17.3 Å². The molecule has 0 radical (unpaired) electrons. The first-order valence-corrected chi connectivity index (χ1v) is 6.99. The first-order valence-electron chi connectivity index (χ1n) is 6.20. The summed E-state index contributed by atoms with van der Waals surface area (Å²) in [6, 6.07) is 7.82. The summed E-state index contributed by atoms with van der Waals surface area (Å²) in [4.78, 5) is 12.6. The summed E-state index contributed by atoms with van der Waals surface area (Å²) < 4.78 is 25.1. The van der Waals surface area contributed by atoms with E-state index in [-0.39, 0.29) is 11.3 Å². The van der Waals surface area contributed by atoms with E-state index in [1.165, 1.54) is 20.3 Å². The summed E-state index contributed by atoms with van der Waals surface area (Å²) in [5.74, 6) is -0.475. The van der Waals surface area contributed by atoms with Crippen LogP contribution in [0.4, 0.5) is 4.39 Å². The third-order valence-corrected chi connectivity index (χ3v) is 3.66. The van der Waals surface area contributed by atoms with Gasteiger partial charge < -0.3 is 9.47 Å². The average Bonchev–Trinajstić information content (AvgIpc) is 2.48. The molecule has 5 heteroatoms. The Morgan fingerprint density at radius 2 is 1.67 bits per heavy atom. The van der Waals surface area contributed by atoms with E-state index in [0.717, 1.165) is 16.1 Å². The van der Waals surface area contributed by atoms with Crippen molar-refractivity contribution in [3.63, 3.8) is 0 Å². The van der Waals surface area contributed by atoms with Crippen molar-refractivity contribution in [2.24, 2.45) is 0 Å². The van der Waals surface area contributed by atoms with Crippen LogP contribution in [0.2, 0.25) is 0 Å². The lowest BCUT2D eigenvalue weighted by Crippen LogP contribution is -2.07. The average molecular weight is 353 g/mol. The van der Waals surface area contributed by atoms with Crippen LogP contribution in [-0.4, -0.2) is 20.0 Å². The topological polar surface area (TPSA) is 35.5 Å². The second-order valence-electron chi connectivity index (χ2n) is 4.48. The Hall–Kier alpha value is -1.88. The molecule has 0 saturated heterocycles. The fourth-order valence-corrected chi connectivity index (χ4v) is 2.37. The Morgan fingerprint density at radius 1 is 1.05 bits per heavy atom. The predicted octanol–water partition coefficient (Wildman–Crippen LogP) is 4.14. The molecule has 0 fully saturated rings. The number of hydrogen-bond donors (Lipinski definition) is 0. The molecule has 21 heavy (non-hydrogen) atoms. The van der Waals surface area contributed by atoms with Gasteiger partial charge in [-0.05, 0) is 30.7 Å². The molecule has 2 aromatic carbocycles. The van der Waals surface area contributed by atoms with Crippen molar-refractivity contribution in [1.29, 1.82) is 0 Å². The summed E-state index contributed by atoms with van der Waals surface area (Å²) in [5.41, 5.74) is 1.17. The van der Waals surface area contributed by atoms with Crippen molar-refractivity contribution >= 4 is 21.7 Å². The van der Waals surface area contributed by atoms with Gasteiger partial charge in [-0.15, -0.1) is 0 Å². The summed E-state index contributed by atoms with van der Waals surface area (Å²) in [6.07, 6.45) is 0. The van der Waals surface area contributed by atoms with E-state index in [4.69, 9.17) is 9.47 Å². The van der Waals surface area contributed by atoms with Gasteiger partial charge >= 0.3 is 0 Å². The molecular formula is C16H14BrFO3. The number of benzene rings is 2. The SMILES string of the molecule is COc1cc(F)c(C(=O)c2cc(Br)ccc2C)cc1OC. The molecule has 0 N–H and O–H groups in total. The number of ether oxygens (including phenoxy) is 2. The summed E-state index contributed by atoms with van der Waals surface area (Å²) in [7, 11) is 2.85. The summed E-state index contributed by atoms with van der Waals surface area (Å²) >= 11 is 3.32. The predicted molar refractivity (Wildman–Crippen MR) is 81.8 cm³/mol. The zero-order valence-corrected chi connectivity index (χ0v) is 13.5. The van der Waals surface area contributed by atoms with Crippen molar-refractivity contribution in [3.8, 4) is 11.5 Å². The van der Waals surface area contributed by atoms with Crippen LogP contribution in [0.5, 0.6) is 11.5 Å². The largest absolute Gasteiger partial charge is 0.493 e. The zero-order chi connectivity index (χ0) is 15.6. The molecule has 0 saturated carbocycles. The zero-order valence-electron chi connectivity index (χ0n) is 11.9. The fraction of sp³-hybridized carbons (Fsp3) is 0.188. The molecule has 0 heterocycles. The molecule has 0 spiro atoms. The Balaban J connectivity index is 2.55. The normalized spacial score (nSPS) is 10.3. The third kappa shape index (κ3) is 3.08. The van der Waals surface area contributed by atoms with E-state index in [0.29, 0.717) is 11.3 Å². The molecule has 0 aliphatic carbocycles. The number of halogens is 2. The Bertz CT molecular complexity index is 698. The standard InChI is InChI=1S/C16H14BrFO3/c1-9-4-5-10(17)6-11(9)16(19)12-7-14(20-2)15(21-3)8-13(12)18/h4-8H,1-3H3. The Morgan fingerprint density at radius 3 is 2.29 bits per heavy atom. The van der Waals surface area contributed by atoms with E-state index >= 15 is 0 Å². The van der Waals surface area contributed by atoms with Crippen LogP contribution >= 0.6 is 15.9 Å². The number of ketones is 1. The van der Waals surface area contributed by atoms with Crippen molar-refractivity contribution < 1.29 is 18.7 Å². The minimum absolute atomic E-state index is 0.0474.